The molecule has 3 heteroatoms. The summed E-state index contributed by atoms with van der Waals surface area (Å²) in [5.74, 6) is 0.168. The van der Waals surface area contributed by atoms with E-state index in [1.54, 1.807) is 11.3 Å². The average molecular weight is 195 g/mol. The lowest BCUT2D eigenvalue weighted by Crippen LogP contribution is -2.35. The third kappa shape index (κ3) is 1.27. The monoisotopic (exact) mass is 195 g/mol. The average Bonchev–Trinajstić information content (AvgIpc) is 2.61. The van der Waals surface area contributed by atoms with Crippen LogP contribution in [0.1, 0.15) is 25.8 Å². The highest BCUT2D eigenvalue weighted by molar-refractivity contribution is 7.08. The number of thiophene rings is 1. The molecular formula is C10H13NOS. The maximum Gasteiger partial charge on any atom is 0.221 e. The molecule has 0 radical (unpaired) electrons. The smallest absolute Gasteiger partial charge is 0.221 e. The van der Waals surface area contributed by atoms with E-state index in [1.165, 1.54) is 5.56 Å². The van der Waals surface area contributed by atoms with Crippen LogP contribution in [-0.2, 0) is 10.2 Å². The molecule has 1 aromatic heterocycles. The van der Waals surface area contributed by atoms with Gasteiger partial charge in [0.25, 0.3) is 0 Å². The maximum atomic E-state index is 11.3. The summed E-state index contributed by atoms with van der Waals surface area (Å²) in [6.07, 6.45) is 0.616. The molecule has 1 N–H and O–H groups in total. The van der Waals surface area contributed by atoms with E-state index < -0.39 is 0 Å². The third-order valence-corrected chi connectivity index (χ3v) is 3.72. The number of amides is 1. The van der Waals surface area contributed by atoms with Gasteiger partial charge in [-0.1, -0.05) is 6.92 Å². The Balaban J connectivity index is 2.36. The molecule has 2 rings (SSSR count). The van der Waals surface area contributed by atoms with Gasteiger partial charge in [-0.2, -0.15) is 11.3 Å². The van der Waals surface area contributed by atoms with Gasteiger partial charge in [-0.25, -0.2) is 0 Å². The second-order valence-corrected chi connectivity index (χ2v) is 4.68. The van der Waals surface area contributed by atoms with E-state index in [0.717, 1.165) is 0 Å². The number of hydrogen-bond acceptors (Lipinski definition) is 2. The van der Waals surface area contributed by atoms with Gasteiger partial charge in [0, 0.05) is 17.9 Å². The molecule has 13 heavy (non-hydrogen) atoms. The Morgan fingerprint density at radius 2 is 2.46 bits per heavy atom. The fraction of sp³-hybridized carbons (Fsp3) is 0.500. The van der Waals surface area contributed by atoms with Crippen molar-refractivity contribution in [1.82, 2.24) is 5.32 Å². The second-order valence-electron chi connectivity index (χ2n) is 3.90. The first-order chi connectivity index (χ1) is 6.13. The maximum absolute atomic E-state index is 11.3. The summed E-state index contributed by atoms with van der Waals surface area (Å²) in [4.78, 5) is 11.3. The first-order valence-electron chi connectivity index (χ1n) is 4.45. The third-order valence-electron chi connectivity index (χ3n) is 3.04. The predicted molar refractivity (Wildman–Crippen MR) is 53.9 cm³/mol. The molecule has 1 aliphatic rings. The first-order valence-corrected chi connectivity index (χ1v) is 5.39. The van der Waals surface area contributed by atoms with Crippen LogP contribution in [0, 0.1) is 0 Å². The van der Waals surface area contributed by atoms with Crippen LogP contribution in [0.15, 0.2) is 16.8 Å². The van der Waals surface area contributed by atoms with E-state index in [4.69, 9.17) is 0 Å². The summed E-state index contributed by atoms with van der Waals surface area (Å²) in [6, 6.07) is 2.36. The second kappa shape index (κ2) is 2.84. The zero-order valence-corrected chi connectivity index (χ0v) is 8.65. The van der Waals surface area contributed by atoms with Gasteiger partial charge in [-0.05, 0) is 29.3 Å². The molecule has 0 aliphatic carbocycles. The number of nitrogens with one attached hydrogen (secondary N) is 1. The van der Waals surface area contributed by atoms with Crippen LogP contribution in [0.4, 0.5) is 0 Å². The van der Waals surface area contributed by atoms with Gasteiger partial charge in [-0.3, -0.25) is 4.79 Å². The highest BCUT2D eigenvalue weighted by Gasteiger charge is 2.41. The Morgan fingerprint density at radius 1 is 1.69 bits per heavy atom. The quantitative estimate of drug-likeness (QED) is 0.728. The first kappa shape index (κ1) is 8.75. The molecule has 0 aromatic carbocycles. The minimum atomic E-state index is -0.00289. The van der Waals surface area contributed by atoms with Gasteiger partial charge in [0.15, 0.2) is 0 Å². The van der Waals surface area contributed by atoms with Crippen molar-refractivity contribution >= 4 is 17.2 Å². The van der Waals surface area contributed by atoms with Crippen LogP contribution in [0.2, 0.25) is 0 Å². The molecule has 2 atom stereocenters. The van der Waals surface area contributed by atoms with E-state index in [2.05, 4.69) is 36.0 Å². The van der Waals surface area contributed by atoms with E-state index in [1.807, 2.05) is 0 Å². The number of hydrogen-bond donors (Lipinski definition) is 1. The summed E-state index contributed by atoms with van der Waals surface area (Å²) in [5.41, 5.74) is 1.28. The molecule has 0 saturated carbocycles. The van der Waals surface area contributed by atoms with Crippen LogP contribution in [-0.4, -0.2) is 11.9 Å². The Morgan fingerprint density at radius 3 is 2.92 bits per heavy atom. The fourth-order valence-electron chi connectivity index (χ4n) is 1.88. The van der Waals surface area contributed by atoms with Crippen molar-refractivity contribution in [2.24, 2.45) is 0 Å². The molecule has 2 unspecified atom stereocenters. The van der Waals surface area contributed by atoms with Gasteiger partial charge in [-0.15, -0.1) is 0 Å². The molecule has 70 valence electrons. The van der Waals surface area contributed by atoms with Gasteiger partial charge in [0.1, 0.15) is 0 Å². The Labute approximate surface area is 82.0 Å². The van der Waals surface area contributed by atoms with Gasteiger partial charge >= 0.3 is 0 Å². The summed E-state index contributed by atoms with van der Waals surface area (Å²) in [5, 5.41) is 7.16. The fourth-order valence-corrected chi connectivity index (χ4v) is 2.68. The van der Waals surface area contributed by atoms with E-state index in [-0.39, 0.29) is 17.4 Å². The van der Waals surface area contributed by atoms with Crippen molar-refractivity contribution < 1.29 is 4.79 Å². The summed E-state index contributed by atoms with van der Waals surface area (Å²) in [6.45, 7) is 4.22. The molecular weight excluding hydrogens is 182 g/mol. The number of carbonyl (C=O) groups is 1. The van der Waals surface area contributed by atoms with Gasteiger partial charge in [0.2, 0.25) is 5.91 Å². The summed E-state index contributed by atoms with van der Waals surface area (Å²) >= 11 is 1.69. The lowest BCUT2D eigenvalue weighted by molar-refractivity contribution is -0.119. The van der Waals surface area contributed by atoms with Crippen LogP contribution in [0.5, 0.6) is 0 Å². The molecule has 1 fully saturated rings. The van der Waals surface area contributed by atoms with E-state index in [9.17, 15) is 4.79 Å². The highest BCUT2D eigenvalue weighted by atomic mass is 32.1. The number of rotatable bonds is 1. The topological polar surface area (TPSA) is 29.1 Å². The lowest BCUT2D eigenvalue weighted by atomic mass is 9.78. The van der Waals surface area contributed by atoms with E-state index in [0.29, 0.717) is 6.42 Å². The van der Waals surface area contributed by atoms with Gasteiger partial charge < -0.3 is 5.32 Å². The lowest BCUT2D eigenvalue weighted by Gasteiger charge is -2.26. The Kier molecular flexibility index (Phi) is 1.91. The molecule has 1 aromatic rings. The van der Waals surface area contributed by atoms with Crippen molar-refractivity contribution in [3.05, 3.63) is 22.4 Å². The molecule has 2 heterocycles. The normalized spacial score (nSPS) is 33.4. The van der Waals surface area contributed by atoms with E-state index >= 15 is 0 Å². The minimum Gasteiger partial charge on any atom is -0.353 e. The Bertz CT molecular complexity index is 320. The Hall–Kier alpha value is -0.830. The molecule has 0 bridgehead atoms. The number of carbonyl (C=O) groups excluding carboxylic acids is 1. The molecule has 1 saturated heterocycles. The highest BCUT2D eigenvalue weighted by Crippen LogP contribution is 2.36. The zero-order valence-electron chi connectivity index (χ0n) is 7.83. The standard InChI is InChI=1S/C10H13NOS/c1-7-10(2,5-9(12)11-7)8-3-4-13-6-8/h3-4,6-7H,5H2,1-2H3,(H,11,12). The minimum absolute atomic E-state index is 0.00289. The van der Waals surface area contributed by atoms with Crippen LogP contribution in [0.3, 0.4) is 0 Å². The molecule has 2 nitrogen and oxygen atoms in total. The van der Waals surface area contributed by atoms with Crippen LogP contribution < -0.4 is 5.32 Å². The summed E-state index contributed by atoms with van der Waals surface area (Å²) < 4.78 is 0. The van der Waals surface area contributed by atoms with Crippen molar-refractivity contribution in [2.75, 3.05) is 0 Å². The van der Waals surface area contributed by atoms with Crippen molar-refractivity contribution in [3.8, 4) is 0 Å². The largest absolute Gasteiger partial charge is 0.353 e. The summed E-state index contributed by atoms with van der Waals surface area (Å²) in [7, 11) is 0. The van der Waals surface area contributed by atoms with Crippen molar-refractivity contribution in [3.63, 3.8) is 0 Å². The van der Waals surface area contributed by atoms with Crippen molar-refractivity contribution in [1.29, 1.82) is 0 Å². The molecule has 1 amide bonds. The van der Waals surface area contributed by atoms with Crippen molar-refractivity contribution in [2.45, 2.75) is 31.7 Å². The molecule has 1 aliphatic heterocycles. The SMILES string of the molecule is CC1NC(=O)CC1(C)c1ccsc1. The molecule has 0 spiro atoms. The van der Waals surface area contributed by atoms with Crippen LogP contribution in [0.25, 0.3) is 0 Å². The predicted octanol–water partition coefficient (Wildman–Crippen LogP) is 1.91. The van der Waals surface area contributed by atoms with Crippen LogP contribution >= 0.6 is 11.3 Å². The zero-order chi connectivity index (χ0) is 9.47. The van der Waals surface area contributed by atoms with Gasteiger partial charge in [0.05, 0.1) is 0 Å².